The molecular weight excluding hydrogens is 218 g/mol. The van der Waals surface area contributed by atoms with Gasteiger partial charge >= 0.3 is 10.2 Å². The van der Waals surface area contributed by atoms with E-state index in [-0.39, 0.29) is 12.4 Å². The molecule has 4 nitrogen and oxygen atoms in total. The summed E-state index contributed by atoms with van der Waals surface area (Å²) >= 11 is 0. The van der Waals surface area contributed by atoms with Crippen LogP contribution in [0.25, 0.3) is 0 Å². The predicted molar refractivity (Wildman–Crippen MR) is 46.3 cm³/mol. The second-order valence-corrected chi connectivity index (χ2v) is 4.04. The van der Waals surface area contributed by atoms with Gasteiger partial charge < -0.3 is 4.74 Å². The second kappa shape index (κ2) is 5.92. The highest BCUT2D eigenvalue weighted by Gasteiger charge is 2.15. The molecule has 0 fully saturated rings. The summed E-state index contributed by atoms with van der Waals surface area (Å²) in [5.41, 5.74) is 0. The molecule has 0 spiro atoms. The predicted octanol–water partition coefficient (Wildman–Crippen LogP) is 1.50. The van der Waals surface area contributed by atoms with E-state index in [4.69, 9.17) is 4.74 Å². The van der Waals surface area contributed by atoms with Crippen LogP contribution in [0.3, 0.4) is 0 Å². The molecule has 1 unspecified atom stereocenters. The Bertz CT molecular complexity index is 275. The molecule has 0 bridgehead atoms. The van der Waals surface area contributed by atoms with E-state index < -0.39 is 22.1 Å². The van der Waals surface area contributed by atoms with Gasteiger partial charge in [-0.1, -0.05) is 13.5 Å². The molecule has 0 aromatic carbocycles. The minimum Gasteiger partial charge on any atom is -0.369 e. The Hall–Kier alpha value is -0.690. The summed E-state index contributed by atoms with van der Waals surface area (Å²) in [6, 6.07) is 0. The van der Waals surface area contributed by atoms with Gasteiger partial charge in [-0.15, -0.1) is 3.89 Å². The summed E-state index contributed by atoms with van der Waals surface area (Å²) in [4.78, 5) is 3.32. The molecule has 0 radical (unpaired) electrons. The Morgan fingerprint density at radius 2 is 2.14 bits per heavy atom. The van der Waals surface area contributed by atoms with Crippen LogP contribution in [-0.2, 0) is 19.9 Å². The molecule has 0 aliphatic rings. The standard InChI is InChI=1S/C7H12F2O4S/c1-3-7(6(2)13-8)12-4-5-14(9,10)11/h7H,2-5H2,1H3. The van der Waals surface area contributed by atoms with Gasteiger partial charge in [-0.3, -0.25) is 4.94 Å². The Labute approximate surface area is 81.6 Å². The second-order valence-electron chi connectivity index (χ2n) is 2.55. The zero-order valence-corrected chi connectivity index (χ0v) is 8.52. The number of hydrogen-bond acceptors (Lipinski definition) is 4. The fraction of sp³-hybridized carbons (Fsp3) is 0.714. The summed E-state index contributed by atoms with van der Waals surface area (Å²) in [7, 11) is -4.55. The zero-order chi connectivity index (χ0) is 11.2. The fourth-order valence-corrected chi connectivity index (χ4v) is 1.07. The van der Waals surface area contributed by atoms with Crippen molar-refractivity contribution in [2.45, 2.75) is 19.4 Å². The van der Waals surface area contributed by atoms with E-state index in [2.05, 4.69) is 11.5 Å². The summed E-state index contributed by atoms with van der Waals surface area (Å²) in [5.74, 6) is -1.02. The van der Waals surface area contributed by atoms with E-state index in [0.717, 1.165) is 0 Å². The lowest BCUT2D eigenvalue weighted by atomic mass is 10.2. The average molecular weight is 230 g/mol. The SMILES string of the molecule is C=C(OF)C(CC)OCCS(=O)(=O)F. The molecule has 0 aliphatic carbocycles. The maximum atomic E-state index is 12.0. The first-order valence-electron chi connectivity index (χ1n) is 3.92. The van der Waals surface area contributed by atoms with Crippen LogP contribution in [0.2, 0.25) is 0 Å². The Morgan fingerprint density at radius 1 is 1.57 bits per heavy atom. The quantitative estimate of drug-likeness (QED) is 0.491. The lowest BCUT2D eigenvalue weighted by Crippen LogP contribution is -2.18. The van der Waals surface area contributed by atoms with Crippen molar-refractivity contribution >= 4 is 10.2 Å². The van der Waals surface area contributed by atoms with Crippen LogP contribution in [0.1, 0.15) is 13.3 Å². The zero-order valence-electron chi connectivity index (χ0n) is 7.70. The van der Waals surface area contributed by atoms with Crippen LogP contribution in [0.4, 0.5) is 8.41 Å². The van der Waals surface area contributed by atoms with E-state index in [9.17, 15) is 16.8 Å². The van der Waals surface area contributed by atoms with Gasteiger partial charge in [0.1, 0.15) is 11.9 Å². The molecule has 0 N–H and O–H groups in total. The molecule has 0 heterocycles. The first kappa shape index (κ1) is 13.3. The number of rotatable bonds is 7. The number of hydrogen-bond donors (Lipinski definition) is 0. The maximum absolute atomic E-state index is 12.0. The van der Waals surface area contributed by atoms with Crippen molar-refractivity contribution in [3.8, 4) is 0 Å². The fourth-order valence-electron chi connectivity index (χ4n) is 0.778. The number of ether oxygens (including phenoxy) is 1. The van der Waals surface area contributed by atoms with Crippen LogP contribution in [0, 0.1) is 0 Å². The van der Waals surface area contributed by atoms with Gasteiger partial charge in [0.15, 0.2) is 5.76 Å². The molecule has 0 rings (SSSR count). The molecule has 0 aliphatic heterocycles. The van der Waals surface area contributed by atoms with E-state index >= 15 is 0 Å². The van der Waals surface area contributed by atoms with Crippen LogP contribution in [0.5, 0.6) is 0 Å². The molecule has 0 saturated heterocycles. The molecule has 0 aromatic rings. The van der Waals surface area contributed by atoms with Crippen LogP contribution in [0.15, 0.2) is 12.3 Å². The molecule has 1 atom stereocenters. The van der Waals surface area contributed by atoms with Crippen molar-refractivity contribution in [2.75, 3.05) is 12.4 Å². The third-order valence-corrected chi connectivity index (χ3v) is 2.13. The van der Waals surface area contributed by atoms with Gasteiger partial charge in [0.05, 0.1) is 6.61 Å². The molecule has 0 amide bonds. The molecular formula is C7H12F2O4S. The summed E-state index contributed by atoms with van der Waals surface area (Å²) in [5, 5.41) is 0. The van der Waals surface area contributed by atoms with Gasteiger partial charge in [-0.25, -0.2) is 0 Å². The molecule has 7 heteroatoms. The minimum absolute atomic E-state index is 0.260. The van der Waals surface area contributed by atoms with E-state index in [0.29, 0.717) is 6.42 Å². The smallest absolute Gasteiger partial charge is 0.304 e. The lowest BCUT2D eigenvalue weighted by molar-refractivity contribution is -0.114. The topological polar surface area (TPSA) is 52.6 Å². The third kappa shape index (κ3) is 5.87. The lowest BCUT2D eigenvalue weighted by Gasteiger charge is -2.13. The van der Waals surface area contributed by atoms with Crippen LogP contribution in [-0.4, -0.2) is 26.9 Å². The molecule has 84 valence electrons. The highest BCUT2D eigenvalue weighted by atomic mass is 32.3. The van der Waals surface area contributed by atoms with Crippen molar-refractivity contribution in [1.82, 2.24) is 0 Å². The minimum atomic E-state index is -4.55. The van der Waals surface area contributed by atoms with Crippen molar-refractivity contribution in [3.63, 3.8) is 0 Å². The Balaban J connectivity index is 3.91. The highest BCUT2D eigenvalue weighted by Crippen LogP contribution is 2.10. The number of halogens is 2. The van der Waals surface area contributed by atoms with Crippen LogP contribution >= 0.6 is 0 Å². The van der Waals surface area contributed by atoms with Gasteiger partial charge in [0, 0.05) is 4.53 Å². The first-order valence-corrected chi connectivity index (χ1v) is 5.47. The molecule has 0 saturated carbocycles. The van der Waals surface area contributed by atoms with Gasteiger partial charge in [-0.05, 0) is 6.42 Å². The molecule has 0 aromatic heterocycles. The Morgan fingerprint density at radius 3 is 2.50 bits per heavy atom. The van der Waals surface area contributed by atoms with Crippen molar-refractivity contribution in [3.05, 3.63) is 12.3 Å². The van der Waals surface area contributed by atoms with Gasteiger partial charge in [-0.2, -0.15) is 8.42 Å². The molecule has 14 heavy (non-hydrogen) atoms. The van der Waals surface area contributed by atoms with Crippen molar-refractivity contribution in [1.29, 1.82) is 0 Å². The van der Waals surface area contributed by atoms with Crippen LogP contribution < -0.4 is 0 Å². The third-order valence-electron chi connectivity index (χ3n) is 1.48. The highest BCUT2D eigenvalue weighted by molar-refractivity contribution is 7.86. The van der Waals surface area contributed by atoms with Crippen molar-refractivity contribution in [2.24, 2.45) is 0 Å². The normalized spacial score (nSPS) is 13.6. The summed E-state index contributed by atoms with van der Waals surface area (Å²) < 4.78 is 48.6. The Kier molecular flexibility index (Phi) is 5.63. The monoisotopic (exact) mass is 230 g/mol. The summed E-state index contributed by atoms with van der Waals surface area (Å²) in [6.45, 7) is 4.50. The van der Waals surface area contributed by atoms with E-state index in [1.807, 2.05) is 0 Å². The maximum Gasteiger partial charge on any atom is 0.304 e. The first-order chi connectivity index (χ1) is 6.40. The van der Waals surface area contributed by atoms with E-state index in [1.54, 1.807) is 6.92 Å². The van der Waals surface area contributed by atoms with Gasteiger partial charge in [0.25, 0.3) is 0 Å². The van der Waals surface area contributed by atoms with Crippen molar-refractivity contribution < 1.29 is 26.5 Å². The largest absolute Gasteiger partial charge is 0.369 e. The average Bonchev–Trinajstić information content (AvgIpc) is 2.09. The summed E-state index contributed by atoms with van der Waals surface area (Å²) in [6.07, 6.45) is -0.406. The van der Waals surface area contributed by atoms with E-state index in [1.165, 1.54) is 0 Å². The van der Waals surface area contributed by atoms with Gasteiger partial charge in [0.2, 0.25) is 0 Å².